The number of benzene rings is 2. The average molecular weight is 322 g/mol. The molecule has 2 aliphatic heterocycles. The Morgan fingerprint density at radius 1 is 1.17 bits per heavy atom. The SMILES string of the molecule is COc1cc(C)cc2c1OC1C(C2=O)C(C)=NN1c1ccccc1. The van der Waals surface area contributed by atoms with Gasteiger partial charge < -0.3 is 9.47 Å². The molecule has 4 rings (SSSR count). The Bertz CT molecular complexity index is 845. The second kappa shape index (κ2) is 5.37. The summed E-state index contributed by atoms with van der Waals surface area (Å²) < 4.78 is 11.6. The number of carbonyl (C=O) groups excluding carboxylic acids is 1. The Morgan fingerprint density at radius 2 is 1.92 bits per heavy atom. The highest BCUT2D eigenvalue weighted by Gasteiger charge is 2.47. The van der Waals surface area contributed by atoms with Crippen LogP contribution in [-0.2, 0) is 0 Å². The number of para-hydroxylation sites is 1. The van der Waals surface area contributed by atoms with Crippen molar-refractivity contribution in [1.29, 1.82) is 0 Å². The predicted octanol–water partition coefficient (Wildman–Crippen LogP) is 3.42. The summed E-state index contributed by atoms with van der Waals surface area (Å²) in [7, 11) is 1.58. The molecule has 0 saturated carbocycles. The Balaban J connectivity index is 1.82. The number of fused-ring (bicyclic) bond motifs is 2. The van der Waals surface area contributed by atoms with Gasteiger partial charge in [-0.3, -0.25) is 4.79 Å². The number of rotatable bonds is 2. The maximum atomic E-state index is 13.1. The maximum absolute atomic E-state index is 13.1. The van der Waals surface area contributed by atoms with Crippen LogP contribution in [0.5, 0.6) is 11.5 Å². The third-order valence-corrected chi connectivity index (χ3v) is 4.47. The van der Waals surface area contributed by atoms with Crippen LogP contribution in [0.3, 0.4) is 0 Å². The lowest BCUT2D eigenvalue weighted by atomic mass is 9.89. The zero-order valence-electron chi connectivity index (χ0n) is 13.8. The minimum atomic E-state index is -0.482. The number of Topliss-reactive ketones (excluding diaryl/α,β-unsaturated/α-hetero) is 1. The maximum Gasteiger partial charge on any atom is 0.207 e. The molecule has 5 nitrogen and oxygen atoms in total. The highest BCUT2D eigenvalue weighted by atomic mass is 16.5. The molecule has 0 aromatic heterocycles. The van der Waals surface area contributed by atoms with E-state index in [0.29, 0.717) is 17.1 Å². The van der Waals surface area contributed by atoms with Gasteiger partial charge in [0.2, 0.25) is 6.23 Å². The van der Waals surface area contributed by atoms with E-state index >= 15 is 0 Å². The average Bonchev–Trinajstić information content (AvgIpc) is 2.93. The summed E-state index contributed by atoms with van der Waals surface area (Å²) in [5.74, 6) is 0.710. The van der Waals surface area contributed by atoms with Gasteiger partial charge >= 0.3 is 0 Å². The minimum Gasteiger partial charge on any atom is -0.493 e. The summed E-state index contributed by atoms with van der Waals surface area (Å²) >= 11 is 0. The van der Waals surface area contributed by atoms with Crippen LogP contribution in [0.15, 0.2) is 47.6 Å². The number of methoxy groups -OCH3 is 1. The highest BCUT2D eigenvalue weighted by Crippen LogP contribution is 2.43. The molecule has 2 aromatic rings. The molecule has 2 aliphatic rings. The third-order valence-electron chi connectivity index (χ3n) is 4.47. The van der Waals surface area contributed by atoms with Crippen molar-refractivity contribution in [2.75, 3.05) is 12.1 Å². The van der Waals surface area contributed by atoms with Gasteiger partial charge in [0.15, 0.2) is 17.3 Å². The van der Waals surface area contributed by atoms with Gasteiger partial charge in [0.05, 0.1) is 24.1 Å². The number of hydrogen-bond acceptors (Lipinski definition) is 5. The van der Waals surface area contributed by atoms with Gasteiger partial charge in [-0.2, -0.15) is 5.10 Å². The summed E-state index contributed by atoms with van der Waals surface area (Å²) in [6.07, 6.45) is -0.482. The molecule has 2 heterocycles. The van der Waals surface area contributed by atoms with Crippen molar-refractivity contribution in [3.8, 4) is 11.5 Å². The second-order valence-electron chi connectivity index (χ2n) is 6.12. The van der Waals surface area contributed by atoms with E-state index in [9.17, 15) is 4.79 Å². The van der Waals surface area contributed by atoms with Crippen LogP contribution in [0.1, 0.15) is 22.8 Å². The molecule has 0 bridgehead atoms. The molecule has 122 valence electrons. The van der Waals surface area contributed by atoms with Gasteiger partial charge in [-0.15, -0.1) is 0 Å². The van der Waals surface area contributed by atoms with Gasteiger partial charge in [-0.05, 0) is 43.7 Å². The molecule has 0 amide bonds. The van der Waals surface area contributed by atoms with Crippen molar-refractivity contribution in [3.05, 3.63) is 53.6 Å². The van der Waals surface area contributed by atoms with Crippen LogP contribution in [-0.4, -0.2) is 24.8 Å². The fourth-order valence-electron chi connectivity index (χ4n) is 3.34. The number of hydrazone groups is 1. The number of anilines is 1. The van der Waals surface area contributed by atoms with Crippen LogP contribution in [0.2, 0.25) is 0 Å². The normalized spacial score (nSPS) is 21.7. The zero-order chi connectivity index (χ0) is 16.8. The molecule has 2 atom stereocenters. The Labute approximate surface area is 140 Å². The molecule has 5 heteroatoms. The van der Waals surface area contributed by atoms with E-state index in [4.69, 9.17) is 9.47 Å². The lowest BCUT2D eigenvalue weighted by molar-refractivity contribution is 0.0777. The molecule has 0 fully saturated rings. The summed E-state index contributed by atoms with van der Waals surface area (Å²) in [6.45, 7) is 3.81. The van der Waals surface area contributed by atoms with Gasteiger partial charge in [-0.1, -0.05) is 18.2 Å². The van der Waals surface area contributed by atoms with E-state index in [1.54, 1.807) is 12.1 Å². The van der Waals surface area contributed by atoms with Crippen LogP contribution in [0.25, 0.3) is 0 Å². The first kappa shape index (κ1) is 14.8. The van der Waals surface area contributed by atoms with Crippen molar-refractivity contribution >= 4 is 17.2 Å². The third kappa shape index (κ3) is 2.08. The standard InChI is InChI=1S/C19H18N2O3/c1-11-9-14-17(22)16-12(2)20-21(13-7-5-4-6-8-13)19(16)24-18(14)15(10-11)23-3/h4-10,16,19H,1-3H3. The quantitative estimate of drug-likeness (QED) is 0.850. The van der Waals surface area contributed by atoms with Gasteiger partial charge in [-0.25, -0.2) is 5.01 Å². The van der Waals surface area contributed by atoms with E-state index in [0.717, 1.165) is 17.0 Å². The van der Waals surface area contributed by atoms with Crippen molar-refractivity contribution < 1.29 is 14.3 Å². The van der Waals surface area contributed by atoms with Crippen molar-refractivity contribution in [2.24, 2.45) is 11.0 Å². The number of carbonyl (C=O) groups is 1. The van der Waals surface area contributed by atoms with Crippen molar-refractivity contribution in [1.82, 2.24) is 0 Å². The van der Waals surface area contributed by atoms with E-state index in [2.05, 4.69) is 5.10 Å². The van der Waals surface area contributed by atoms with Crippen LogP contribution in [0.4, 0.5) is 5.69 Å². The summed E-state index contributed by atoms with van der Waals surface area (Å²) in [4.78, 5) is 13.1. The molecule has 2 aromatic carbocycles. The van der Waals surface area contributed by atoms with Gasteiger partial charge in [0, 0.05) is 0 Å². The fraction of sp³-hybridized carbons (Fsp3) is 0.263. The highest BCUT2D eigenvalue weighted by molar-refractivity contribution is 6.16. The number of aryl methyl sites for hydroxylation is 1. The lowest BCUT2D eigenvalue weighted by Gasteiger charge is -2.33. The summed E-state index contributed by atoms with van der Waals surface area (Å²) in [5.41, 5.74) is 3.19. The molecule has 24 heavy (non-hydrogen) atoms. The molecular formula is C19H18N2O3. The monoisotopic (exact) mass is 322 g/mol. The van der Waals surface area contributed by atoms with Crippen LogP contribution in [0, 0.1) is 12.8 Å². The van der Waals surface area contributed by atoms with Gasteiger partial charge in [0.1, 0.15) is 5.92 Å². The Kier molecular flexibility index (Phi) is 3.30. The predicted molar refractivity (Wildman–Crippen MR) is 92.0 cm³/mol. The zero-order valence-corrected chi connectivity index (χ0v) is 13.8. The van der Waals surface area contributed by atoms with E-state index in [-0.39, 0.29) is 5.78 Å². The molecular weight excluding hydrogens is 304 g/mol. The largest absolute Gasteiger partial charge is 0.493 e. The molecule has 0 radical (unpaired) electrons. The molecule has 0 spiro atoms. The summed E-state index contributed by atoms with van der Waals surface area (Å²) in [6, 6.07) is 13.5. The topological polar surface area (TPSA) is 51.1 Å². The van der Waals surface area contributed by atoms with Crippen molar-refractivity contribution in [3.63, 3.8) is 0 Å². The first-order chi connectivity index (χ1) is 11.6. The first-order valence-corrected chi connectivity index (χ1v) is 7.89. The van der Waals surface area contributed by atoms with E-state index < -0.39 is 12.1 Å². The first-order valence-electron chi connectivity index (χ1n) is 7.89. The Hall–Kier alpha value is -2.82. The van der Waals surface area contributed by atoms with Crippen LogP contribution < -0.4 is 14.5 Å². The number of hydrogen-bond donors (Lipinski definition) is 0. The lowest BCUT2D eigenvalue weighted by Crippen LogP contribution is -2.45. The van der Waals surface area contributed by atoms with E-state index in [1.807, 2.05) is 56.3 Å². The molecule has 0 aliphatic carbocycles. The van der Waals surface area contributed by atoms with Gasteiger partial charge in [0.25, 0.3) is 0 Å². The second-order valence-corrected chi connectivity index (χ2v) is 6.12. The molecule has 0 N–H and O–H groups in total. The molecule has 2 unspecified atom stereocenters. The molecule has 0 saturated heterocycles. The number of ether oxygens (including phenoxy) is 2. The number of ketones is 1. The van der Waals surface area contributed by atoms with E-state index in [1.165, 1.54) is 0 Å². The smallest absolute Gasteiger partial charge is 0.207 e. The fourth-order valence-corrected chi connectivity index (χ4v) is 3.34. The minimum absolute atomic E-state index is 0.0305. The number of nitrogens with zero attached hydrogens (tertiary/aromatic N) is 2. The summed E-state index contributed by atoms with van der Waals surface area (Å²) in [5, 5.41) is 6.36. The van der Waals surface area contributed by atoms with Crippen LogP contribution >= 0.6 is 0 Å². The van der Waals surface area contributed by atoms with Crippen molar-refractivity contribution in [2.45, 2.75) is 20.1 Å². The Morgan fingerprint density at radius 3 is 2.62 bits per heavy atom.